The molecule has 0 bridgehead atoms. The Kier molecular flexibility index (Phi) is 9.41. The summed E-state index contributed by atoms with van der Waals surface area (Å²) in [7, 11) is 4.35. The Labute approximate surface area is 267 Å². The lowest BCUT2D eigenvalue weighted by molar-refractivity contribution is -0.147. The van der Waals surface area contributed by atoms with Crippen LogP contribution in [0.3, 0.4) is 0 Å². The average molecular weight is 636 g/mol. The second kappa shape index (κ2) is 12.8. The molecule has 12 nitrogen and oxygen atoms in total. The number of benzene rings is 2. The van der Waals surface area contributed by atoms with Gasteiger partial charge in [-0.1, -0.05) is 32.0 Å². The molecule has 0 saturated carbocycles. The van der Waals surface area contributed by atoms with Crippen LogP contribution in [0.5, 0.6) is 17.2 Å². The van der Waals surface area contributed by atoms with Crippen LogP contribution in [0.25, 0.3) is 22.0 Å². The van der Waals surface area contributed by atoms with Crippen molar-refractivity contribution < 1.29 is 43.2 Å². The van der Waals surface area contributed by atoms with E-state index in [1.165, 1.54) is 21.3 Å². The topological polar surface area (TPSA) is 154 Å². The summed E-state index contributed by atoms with van der Waals surface area (Å²) in [6.07, 6.45) is 0.853. The zero-order chi connectivity index (χ0) is 34.1. The number of aromatic nitrogens is 1. The number of carboxylic acid groups (broad SMARTS) is 1. The zero-order valence-corrected chi connectivity index (χ0v) is 27.6. The van der Waals surface area contributed by atoms with Crippen LogP contribution in [-0.2, 0) is 19.1 Å². The Balaban J connectivity index is 1.99. The van der Waals surface area contributed by atoms with Crippen molar-refractivity contribution in [3.05, 3.63) is 53.7 Å². The fourth-order valence-electron chi connectivity index (χ4n) is 5.95. The van der Waals surface area contributed by atoms with Gasteiger partial charge in [-0.15, -0.1) is 0 Å². The van der Waals surface area contributed by atoms with Gasteiger partial charge >= 0.3 is 12.1 Å². The minimum Gasteiger partial charge on any atom is -0.493 e. The summed E-state index contributed by atoms with van der Waals surface area (Å²) in [6.45, 7) is 10.5. The van der Waals surface area contributed by atoms with Gasteiger partial charge in [0.05, 0.1) is 38.5 Å². The summed E-state index contributed by atoms with van der Waals surface area (Å²) in [5.74, 6) is -1.72. The highest BCUT2D eigenvalue weighted by Crippen LogP contribution is 2.44. The second-order valence-electron chi connectivity index (χ2n) is 12.6. The van der Waals surface area contributed by atoms with Crippen molar-refractivity contribution in [3.63, 3.8) is 0 Å². The number of carbonyl (C=O) groups excluding carboxylic acids is 3. The van der Waals surface area contributed by atoms with Crippen LogP contribution in [0.1, 0.15) is 65.1 Å². The molecule has 46 heavy (non-hydrogen) atoms. The predicted octanol–water partition coefficient (Wildman–Crippen LogP) is 5.19. The Morgan fingerprint density at radius 1 is 0.935 bits per heavy atom. The van der Waals surface area contributed by atoms with E-state index < -0.39 is 41.1 Å². The van der Waals surface area contributed by atoms with Crippen molar-refractivity contribution in [1.82, 2.24) is 15.2 Å². The van der Waals surface area contributed by atoms with Crippen molar-refractivity contribution in [2.75, 3.05) is 21.3 Å². The van der Waals surface area contributed by atoms with E-state index in [0.29, 0.717) is 39.3 Å². The smallest absolute Gasteiger partial charge is 0.408 e. The highest BCUT2D eigenvalue weighted by atomic mass is 16.6. The molecule has 0 fully saturated rings. The first-order valence-electron chi connectivity index (χ1n) is 14.8. The number of carboxylic acids is 1. The number of alkyl carbamates (subject to hydrolysis) is 1. The number of rotatable bonds is 11. The predicted molar refractivity (Wildman–Crippen MR) is 172 cm³/mol. The molecule has 2 aromatic carbocycles. The number of hydrogen-bond acceptors (Lipinski definition) is 8. The first kappa shape index (κ1) is 33.9. The molecule has 1 aliphatic heterocycles. The monoisotopic (exact) mass is 635 g/mol. The number of nitrogens with zero attached hydrogens (tertiary/aromatic N) is 1. The quantitative estimate of drug-likeness (QED) is 0.242. The van der Waals surface area contributed by atoms with Crippen LogP contribution >= 0.6 is 0 Å². The number of nitrogens with one attached hydrogen (secondary N) is 2. The van der Waals surface area contributed by atoms with Crippen molar-refractivity contribution in [1.29, 1.82) is 0 Å². The van der Waals surface area contributed by atoms with Crippen LogP contribution in [-0.4, -0.2) is 66.0 Å². The molecule has 246 valence electrons. The Morgan fingerprint density at radius 2 is 1.52 bits per heavy atom. The minimum absolute atomic E-state index is 0.0724. The number of amides is 3. The molecular formula is C34H41N3O9. The van der Waals surface area contributed by atoms with Crippen LogP contribution < -0.4 is 24.8 Å². The van der Waals surface area contributed by atoms with Crippen LogP contribution in [0.15, 0.2) is 42.6 Å². The maximum atomic E-state index is 13.5. The molecule has 0 radical (unpaired) electrons. The van der Waals surface area contributed by atoms with Crippen molar-refractivity contribution in [2.45, 2.75) is 65.1 Å². The average Bonchev–Trinajstić information content (AvgIpc) is 3.49. The summed E-state index contributed by atoms with van der Waals surface area (Å²) >= 11 is 0. The molecule has 12 heteroatoms. The Bertz CT molecular complexity index is 1710. The number of carbonyl (C=O) groups is 4. The first-order chi connectivity index (χ1) is 21.6. The lowest BCUT2D eigenvalue weighted by Gasteiger charge is -2.38. The van der Waals surface area contributed by atoms with Crippen molar-refractivity contribution >= 4 is 45.9 Å². The number of ether oxygens (including phenoxy) is 4. The maximum Gasteiger partial charge on any atom is 0.408 e. The standard InChI is InChI=1S/C34H41N3O9/c1-18(2)16-34(31(40)41,36-32(42)46-33(4,5)6)19(3)37-17-22(21-12-10-11-13-23(21)37)27-26(29(38)35-30(27)39)20-14-24(43-7)28(45-9)25(15-20)44-8/h10-15,17-19H,16H2,1-9H3,(H,36,42)(H,40,41)(H,35,38,39). The third kappa shape index (κ3) is 6.24. The SMILES string of the molecule is COc1cc(C2=C(c3cn(C(C)C(CC(C)C)(NC(=O)OC(C)(C)C)C(=O)O)c4ccccc34)C(=O)NC2=O)cc(OC)c1OC. The number of aliphatic carboxylic acids is 1. The molecule has 2 atom stereocenters. The van der Waals surface area contributed by atoms with Gasteiger partial charge in [-0.05, 0) is 63.8 Å². The molecule has 3 N–H and O–H groups in total. The maximum absolute atomic E-state index is 13.5. The molecule has 4 rings (SSSR count). The van der Waals surface area contributed by atoms with Gasteiger partial charge in [0, 0.05) is 22.7 Å². The summed E-state index contributed by atoms with van der Waals surface area (Å²) in [4.78, 5) is 53.1. The first-order valence-corrected chi connectivity index (χ1v) is 14.8. The number of hydrogen-bond donors (Lipinski definition) is 3. The van der Waals surface area contributed by atoms with Gasteiger partial charge in [0.1, 0.15) is 5.60 Å². The Hall–Kier alpha value is -5.00. The molecule has 0 aliphatic carbocycles. The molecule has 2 unspecified atom stereocenters. The molecule has 2 heterocycles. The summed E-state index contributed by atoms with van der Waals surface area (Å²) in [5.41, 5.74) is -1.16. The van der Waals surface area contributed by atoms with Gasteiger partial charge in [-0.25, -0.2) is 9.59 Å². The molecule has 0 saturated heterocycles. The minimum atomic E-state index is -1.81. The van der Waals surface area contributed by atoms with E-state index in [2.05, 4.69) is 10.6 Å². The van der Waals surface area contributed by atoms with E-state index in [4.69, 9.17) is 18.9 Å². The van der Waals surface area contributed by atoms with E-state index >= 15 is 0 Å². The number of imide groups is 1. The van der Waals surface area contributed by atoms with Gasteiger partial charge in [0.2, 0.25) is 5.75 Å². The Morgan fingerprint density at radius 3 is 2.04 bits per heavy atom. The third-order valence-corrected chi connectivity index (χ3v) is 7.86. The molecular weight excluding hydrogens is 594 g/mol. The van der Waals surface area contributed by atoms with Gasteiger partial charge in [-0.2, -0.15) is 0 Å². The van der Waals surface area contributed by atoms with Gasteiger partial charge in [-0.3, -0.25) is 14.9 Å². The van der Waals surface area contributed by atoms with Gasteiger partial charge < -0.3 is 33.9 Å². The van der Waals surface area contributed by atoms with Crippen molar-refractivity contribution in [2.24, 2.45) is 5.92 Å². The molecule has 1 aromatic heterocycles. The highest BCUT2D eigenvalue weighted by Gasteiger charge is 2.48. The third-order valence-electron chi connectivity index (χ3n) is 7.86. The van der Waals surface area contributed by atoms with E-state index in [9.17, 15) is 24.3 Å². The molecule has 1 aliphatic rings. The number of methoxy groups -OCH3 is 3. The van der Waals surface area contributed by atoms with Gasteiger partial charge in [0.15, 0.2) is 17.0 Å². The zero-order valence-electron chi connectivity index (χ0n) is 27.6. The molecule has 3 aromatic rings. The largest absolute Gasteiger partial charge is 0.493 e. The molecule has 0 spiro atoms. The number of fused-ring (bicyclic) bond motifs is 1. The summed E-state index contributed by atoms with van der Waals surface area (Å²) in [5, 5.41) is 16.4. The fraction of sp³-hybridized carbons (Fsp3) is 0.412. The van der Waals surface area contributed by atoms with Crippen molar-refractivity contribution in [3.8, 4) is 17.2 Å². The second-order valence-corrected chi connectivity index (χ2v) is 12.6. The van der Waals surface area contributed by atoms with Crippen LogP contribution in [0, 0.1) is 5.92 Å². The highest BCUT2D eigenvalue weighted by molar-refractivity contribution is 6.50. The lowest BCUT2D eigenvalue weighted by atomic mass is 9.82. The van der Waals surface area contributed by atoms with E-state index in [0.717, 1.165) is 0 Å². The van der Waals surface area contributed by atoms with Gasteiger partial charge in [0.25, 0.3) is 11.8 Å². The molecule has 3 amide bonds. The summed E-state index contributed by atoms with van der Waals surface area (Å²) in [6, 6.07) is 9.43. The summed E-state index contributed by atoms with van der Waals surface area (Å²) < 4.78 is 23.6. The number of para-hydroxylation sites is 1. The fourth-order valence-corrected chi connectivity index (χ4v) is 5.95. The van der Waals surface area contributed by atoms with E-state index in [-0.39, 0.29) is 23.5 Å². The van der Waals surface area contributed by atoms with E-state index in [1.807, 2.05) is 13.8 Å². The van der Waals surface area contributed by atoms with E-state index in [1.54, 1.807) is 74.9 Å². The normalized spacial score (nSPS) is 15.4. The lowest BCUT2D eigenvalue weighted by Crippen LogP contribution is -2.60. The van der Waals surface area contributed by atoms with Crippen LogP contribution in [0.4, 0.5) is 4.79 Å². The van der Waals surface area contributed by atoms with Crippen LogP contribution in [0.2, 0.25) is 0 Å².